The van der Waals surface area contributed by atoms with Crippen molar-refractivity contribution in [1.82, 2.24) is 4.90 Å². The summed E-state index contributed by atoms with van der Waals surface area (Å²) < 4.78 is 2.18. The van der Waals surface area contributed by atoms with Gasteiger partial charge in [-0.15, -0.1) is 34.4 Å². The number of rotatable bonds is 4. The molecule has 2 aromatic heterocycles. The number of fused-ring (bicyclic) bond motifs is 1. The maximum Gasteiger partial charge on any atom is 0.327 e. The molecule has 2 aromatic rings. The van der Waals surface area contributed by atoms with Crippen LogP contribution in [0.3, 0.4) is 0 Å². The van der Waals surface area contributed by atoms with E-state index in [1.54, 1.807) is 28.0 Å². The second kappa shape index (κ2) is 5.98. The number of thiophene rings is 2. The van der Waals surface area contributed by atoms with Gasteiger partial charge in [0.15, 0.2) is 0 Å². The normalized spacial score (nSPS) is 22.0. The highest BCUT2D eigenvalue weighted by atomic mass is 32.2. The fourth-order valence-corrected chi connectivity index (χ4v) is 6.06. The number of aliphatic carboxylic acids is 1. The van der Waals surface area contributed by atoms with Crippen molar-refractivity contribution < 1.29 is 14.7 Å². The smallest absolute Gasteiger partial charge is 0.327 e. The molecule has 1 saturated heterocycles. The molecular weight excluding hydrogens is 326 g/mol. The lowest BCUT2D eigenvalue weighted by atomic mass is 10.2. The number of carbonyl (C=O) groups is 2. The molecule has 2 atom stereocenters. The molecule has 2 unspecified atom stereocenters. The van der Waals surface area contributed by atoms with Crippen LogP contribution in [0.15, 0.2) is 17.5 Å². The molecule has 1 aliphatic rings. The molecule has 1 amide bonds. The van der Waals surface area contributed by atoms with Crippen LogP contribution in [0.5, 0.6) is 0 Å². The lowest BCUT2D eigenvalue weighted by Gasteiger charge is -2.26. The topological polar surface area (TPSA) is 57.6 Å². The number of hydrogen-bond acceptors (Lipinski definition) is 5. The molecule has 0 spiro atoms. The molecule has 0 aliphatic carbocycles. The van der Waals surface area contributed by atoms with Gasteiger partial charge in [-0.3, -0.25) is 4.79 Å². The molecule has 0 bridgehead atoms. The summed E-state index contributed by atoms with van der Waals surface area (Å²) in [6, 6.07) is 3.18. The van der Waals surface area contributed by atoms with Crippen LogP contribution in [-0.2, 0) is 4.79 Å². The minimum absolute atomic E-state index is 0.0243. The van der Waals surface area contributed by atoms with E-state index in [-0.39, 0.29) is 11.3 Å². The van der Waals surface area contributed by atoms with E-state index in [0.29, 0.717) is 10.6 Å². The summed E-state index contributed by atoms with van der Waals surface area (Å²) in [6.07, 6.45) is 1.77. The molecule has 21 heavy (non-hydrogen) atoms. The molecule has 3 heterocycles. The van der Waals surface area contributed by atoms with E-state index in [4.69, 9.17) is 0 Å². The zero-order valence-corrected chi connectivity index (χ0v) is 13.9. The van der Waals surface area contributed by atoms with Gasteiger partial charge in [-0.2, -0.15) is 0 Å². The van der Waals surface area contributed by atoms with Crippen molar-refractivity contribution in [3.05, 3.63) is 22.4 Å². The maximum absolute atomic E-state index is 12.8. The van der Waals surface area contributed by atoms with Crippen LogP contribution in [0.2, 0.25) is 0 Å². The second-order valence-electron chi connectivity index (χ2n) is 4.90. The standard InChI is InChI=1S/C14H15NO3S3/c1-2-3-12-15(8(7-20-12)14(17)18)13(16)11-6-10-9(21-11)4-5-19-10/h4-6,8,12H,2-3,7H2,1H3,(H,17,18). The Labute approximate surface area is 134 Å². The van der Waals surface area contributed by atoms with Gasteiger partial charge in [0.05, 0.1) is 10.3 Å². The SMILES string of the molecule is CCCC1SCC(C(=O)O)N1C(=O)c1cc2sccc2s1. The van der Waals surface area contributed by atoms with Crippen LogP contribution in [0.4, 0.5) is 0 Å². The first-order chi connectivity index (χ1) is 10.1. The van der Waals surface area contributed by atoms with Crippen LogP contribution in [0, 0.1) is 0 Å². The largest absolute Gasteiger partial charge is 0.480 e. The zero-order valence-electron chi connectivity index (χ0n) is 11.4. The van der Waals surface area contributed by atoms with E-state index < -0.39 is 12.0 Å². The van der Waals surface area contributed by atoms with Gasteiger partial charge < -0.3 is 10.0 Å². The molecule has 0 radical (unpaired) electrons. The number of hydrogen-bond donors (Lipinski definition) is 1. The Hall–Kier alpha value is -1.05. The quantitative estimate of drug-likeness (QED) is 0.920. The molecule has 0 aromatic carbocycles. The van der Waals surface area contributed by atoms with Gasteiger partial charge >= 0.3 is 5.97 Å². The van der Waals surface area contributed by atoms with Crippen molar-refractivity contribution in [1.29, 1.82) is 0 Å². The minimum Gasteiger partial charge on any atom is -0.480 e. The number of nitrogens with zero attached hydrogens (tertiary/aromatic N) is 1. The Morgan fingerprint density at radius 1 is 1.43 bits per heavy atom. The third-order valence-electron chi connectivity index (χ3n) is 3.50. The van der Waals surface area contributed by atoms with Crippen molar-refractivity contribution in [2.24, 2.45) is 0 Å². The molecule has 3 rings (SSSR count). The molecular formula is C14H15NO3S3. The Balaban J connectivity index is 1.91. The fraction of sp³-hybridized carbons (Fsp3) is 0.429. The summed E-state index contributed by atoms with van der Waals surface area (Å²) in [5.41, 5.74) is 0. The van der Waals surface area contributed by atoms with Gasteiger partial charge in [-0.1, -0.05) is 13.3 Å². The van der Waals surface area contributed by atoms with Crippen molar-refractivity contribution in [2.45, 2.75) is 31.2 Å². The fourth-order valence-electron chi connectivity index (χ4n) is 2.49. The van der Waals surface area contributed by atoms with E-state index in [0.717, 1.165) is 22.2 Å². The van der Waals surface area contributed by atoms with Crippen molar-refractivity contribution >= 4 is 55.7 Å². The number of carboxylic acid groups (broad SMARTS) is 1. The predicted octanol–water partition coefficient (Wildman–Crippen LogP) is 3.73. The first-order valence-electron chi connectivity index (χ1n) is 6.76. The number of amides is 1. The lowest BCUT2D eigenvalue weighted by Crippen LogP contribution is -2.45. The van der Waals surface area contributed by atoms with Crippen LogP contribution in [0.25, 0.3) is 9.40 Å². The zero-order chi connectivity index (χ0) is 15.0. The highest BCUT2D eigenvalue weighted by molar-refractivity contribution is 8.00. The van der Waals surface area contributed by atoms with Gasteiger partial charge in [0.1, 0.15) is 6.04 Å². The third kappa shape index (κ3) is 2.69. The van der Waals surface area contributed by atoms with E-state index in [1.165, 1.54) is 11.3 Å². The maximum atomic E-state index is 12.8. The van der Waals surface area contributed by atoms with Gasteiger partial charge in [0, 0.05) is 15.2 Å². The Morgan fingerprint density at radius 2 is 2.24 bits per heavy atom. The van der Waals surface area contributed by atoms with Crippen LogP contribution in [-0.4, -0.2) is 39.1 Å². The summed E-state index contributed by atoms with van der Waals surface area (Å²) in [6.45, 7) is 2.05. The molecule has 1 aliphatic heterocycles. The molecule has 4 nitrogen and oxygen atoms in total. The average Bonchev–Trinajstić information content (AvgIpc) is 3.11. The van der Waals surface area contributed by atoms with Crippen molar-refractivity contribution in [3.63, 3.8) is 0 Å². The molecule has 7 heteroatoms. The first-order valence-corrected chi connectivity index (χ1v) is 9.50. The lowest BCUT2D eigenvalue weighted by molar-refractivity contribution is -0.141. The number of carbonyl (C=O) groups excluding carboxylic acids is 1. The van der Waals surface area contributed by atoms with E-state index in [2.05, 4.69) is 6.92 Å². The summed E-state index contributed by atoms with van der Waals surface area (Å²) >= 11 is 4.63. The second-order valence-corrected chi connectivity index (χ2v) is 8.15. The molecule has 1 N–H and O–H groups in total. The Morgan fingerprint density at radius 3 is 2.90 bits per heavy atom. The Bertz CT molecular complexity index is 649. The van der Waals surface area contributed by atoms with E-state index >= 15 is 0 Å². The van der Waals surface area contributed by atoms with E-state index in [9.17, 15) is 14.7 Å². The number of thioether (sulfide) groups is 1. The first kappa shape index (κ1) is 14.9. The van der Waals surface area contributed by atoms with Gasteiger partial charge in [-0.05, 0) is 23.9 Å². The monoisotopic (exact) mass is 341 g/mol. The van der Waals surface area contributed by atoms with Crippen molar-refractivity contribution in [3.8, 4) is 0 Å². The molecule has 0 saturated carbocycles. The summed E-state index contributed by atoms with van der Waals surface area (Å²) in [5, 5.41) is 11.3. The predicted molar refractivity (Wildman–Crippen MR) is 88.4 cm³/mol. The van der Waals surface area contributed by atoms with Crippen LogP contribution < -0.4 is 0 Å². The van der Waals surface area contributed by atoms with Crippen LogP contribution in [0.1, 0.15) is 29.4 Å². The Kier molecular flexibility index (Phi) is 4.24. The van der Waals surface area contributed by atoms with Crippen LogP contribution >= 0.6 is 34.4 Å². The minimum atomic E-state index is -0.909. The summed E-state index contributed by atoms with van der Waals surface area (Å²) in [5.74, 6) is -0.571. The van der Waals surface area contributed by atoms with Gasteiger partial charge in [-0.25, -0.2) is 4.79 Å². The average molecular weight is 341 g/mol. The van der Waals surface area contributed by atoms with E-state index in [1.807, 2.05) is 17.5 Å². The highest BCUT2D eigenvalue weighted by Crippen LogP contribution is 2.36. The summed E-state index contributed by atoms with van der Waals surface area (Å²) in [7, 11) is 0. The number of carboxylic acids is 1. The molecule has 1 fully saturated rings. The third-order valence-corrected chi connectivity index (χ3v) is 6.94. The van der Waals surface area contributed by atoms with Crippen molar-refractivity contribution in [2.75, 3.05) is 5.75 Å². The van der Waals surface area contributed by atoms with Gasteiger partial charge in [0.2, 0.25) is 0 Å². The molecule has 112 valence electrons. The van der Waals surface area contributed by atoms with Gasteiger partial charge in [0.25, 0.3) is 5.91 Å². The highest BCUT2D eigenvalue weighted by Gasteiger charge is 2.41. The summed E-state index contributed by atoms with van der Waals surface area (Å²) in [4.78, 5) is 26.4.